The molecule has 6 nitrogen and oxygen atoms in total. The molecule has 0 amide bonds. The van der Waals surface area contributed by atoms with Crippen molar-refractivity contribution >= 4 is 11.4 Å². The molecule has 3 aromatic carbocycles. The van der Waals surface area contributed by atoms with Crippen LogP contribution in [0.25, 0.3) is 0 Å². The number of phenolic OH excluding ortho intramolecular Hbond substituents is 1. The average Bonchev–Trinajstić information content (AvgIpc) is 2.74. The molecule has 1 aliphatic heterocycles. The number of fused-ring (bicyclic) bond motifs is 1. The fourth-order valence-corrected chi connectivity index (χ4v) is 3.99. The number of nitrogens with zero attached hydrogens (tertiary/aromatic N) is 1. The maximum atomic E-state index is 11.0. The molecule has 0 radical (unpaired) electrons. The molecule has 29 heavy (non-hydrogen) atoms. The summed E-state index contributed by atoms with van der Waals surface area (Å²) in [6.45, 7) is 2.00. The van der Waals surface area contributed by atoms with Gasteiger partial charge in [0.05, 0.1) is 18.1 Å². The zero-order valence-corrected chi connectivity index (χ0v) is 16.3. The van der Waals surface area contributed by atoms with Crippen molar-refractivity contribution in [1.82, 2.24) is 0 Å². The summed E-state index contributed by atoms with van der Waals surface area (Å²) in [5, 5.41) is 25.1. The molecule has 0 unspecified atom stereocenters. The van der Waals surface area contributed by atoms with E-state index in [1.807, 2.05) is 37.3 Å². The molecule has 0 spiro atoms. The van der Waals surface area contributed by atoms with Crippen molar-refractivity contribution in [2.45, 2.75) is 25.3 Å². The average molecular weight is 390 g/mol. The number of nitro groups is 1. The van der Waals surface area contributed by atoms with E-state index in [0.717, 1.165) is 33.7 Å². The Labute approximate surface area is 168 Å². The predicted molar refractivity (Wildman–Crippen MR) is 112 cm³/mol. The van der Waals surface area contributed by atoms with E-state index >= 15 is 0 Å². The largest absolute Gasteiger partial charge is 0.508 e. The van der Waals surface area contributed by atoms with Gasteiger partial charge in [0, 0.05) is 29.3 Å². The molecule has 0 aromatic heterocycles. The van der Waals surface area contributed by atoms with Crippen LogP contribution in [0.3, 0.4) is 0 Å². The molecular formula is C23H22N2O4. The molecule has 2 atom stereocenters. The molecule has 0 saturated heterocycles. The van der Waals surface area contributed by atoms with E-state index in [-0.39, 0.29) is 23.4 Å². The Bertz CT molecular complexity index is 1060. The van der Waals surface area contributed by atoms with E-state index in [1.54, 1.807) is 25.3 Å². The van der Waals surface area contributed by atoms with Crippen LogP contribution in [0.1, 0.15) is 40.6 Å². The number of methoxy groups -OCH3 is 1. The Morgan fingerprint density at radius 2 is 1.83 bits per heavy atom. The van der Waals surface area contributed by atoms with Gasteiger partial charge >= 0.3 is 0 Å². The first kappa shape index (κ1) is 18.8. The summed E-state index contributed by atoms with van der Waals surface area (Å²) in [5.41, 5.74) is 5.01. The van der Waals surface area contributed by atoms with Crippen LogP contribution in [-0.4, -0.2) is 17.1 Å². The zero-order chi connectivity index (χ0) is 20.5. The Morgan fingerprint density at radius 1 is 1.07 bits per heavy atom. The van der Waals surface area contributed by atoms with Crippen molar-refractivity contribution in [2.75, 3.05) is 12.4 Å². The molecule has 0 aliphatic carbocycles. The van der Waals surface area contributed by atoms with Crippen LogP contribution >= 0.6 is 0 Å². The third-order valence-corrected chi connectivity index (χ3v) is 5.50. The number of aryl methyl sites for hydroxylation is 1. The van der Waals surface area contributed by atoms with Gasteiger partial charge in [-0.25, -0.2) is 0 Å². The second-order valence-corrected chi connectivity index (χ2v) is 7.35. The van der Waals surface area contributed by atoms with Crippen LogP contribution < -0.4 is 10.1 Å². The van der Waals surface area contributed by atoms with E-state index in [0.29, 0.717) is 6.42 Å². The summed E-state index contributed by atoms with van der Waals surface area (Å²) in [6.07, 6.45) is 0.703. The van der Waals surface area contributed by atoms with Crippen molar-refractivity contribution in [3.8, 4) is 11.5 Å². The molecule has 1 heterocycles. The molecular weight excluding hydrogens is 368 g/mol. The highest BCUT2D eigenvalue weighted by Gasteiger charge is 2.31. The molecule has 3 aromatic rings. The van der Waals surface area contributed by atoms with Crippen LogP contribution in [0.5, 0.6) is 11.5 Å². The number of nitrogens with one attached hydrogen (secondary N) is 1. The highest BCUT2D eigenvalue weighted by atomic mass is 16.6. The highest BCUT2D eigenvalue weighted by molar-refractivity contribution is 5.63. The second kappa shape index (κ2) is 7.47. The number of ether oxygens (including phenoxy) is 1. The van der Waals surface area contributed by atoms with Gasteiger partial charge in [-0.1, -0.05) is 29.8 Å². The summed E-state index contributed by atoms with van der Waals surface area (Å²) in [6, 6.07) is 18.1. The minimum absolute atomic E-state index is 0.0402. The molecule has 4 rings (SSSR count). The van der Waals surface area contributed by atoms with Crippen LogP contribution in [0.2, 0.25) is 0 Å². The first-order valence-electron chi connectivity index (χ1n) is 9.44. The van der Waals surface area contributed by atoms with Crippen LogP contribution in [0.15, 0.2) is 60.7 Å². The van der Waals surface area contributed by atoms with Crippen molar-refractivity contribution in [3.63, 3.8) is 0 Å². The van der Waals surface area contributed by atoms with Gasteiger partial charge in [0.1, 0.15) is 11.5 Å². The number of non-ortho nitro benzene ring substituents is 1. The summed E-state index contributed by atoms with van der Waals surface area (Å²) >= 11 is 0. The van der Waals surface area contributed by atoms with Crippen LogP contribution in [0, 0.1) is 17.0 Å². The third kappa shape index (κ3) is 3.61. The van der Waals surface area contributed by atoms with Gasteiger partial charge < -0.3 is 15.2 Å². The van der Waals surface area contributed by atoms with E-state index < -0.39 is 4.92 Å². The summed E-state index contributed by atoms with van der Waals surface area (Å²) in [7, 11) is 1.64. The van der Waals surface area contributed by atoms with Crippen LogP contribution in [0.4, 0.5) is 11.4 Å². The maximum Gasteiger partial charge on any atom is 0.269 e. The van der Waals surface area contributed by atoms with Gasteiger partial charge in [-0.05, 0) is 48.7 Å². The maximum absolute atomic E-state index is 11.0. The zero-order valence-electron chi connectivity index (χ0n) is 16.3. The number of hydrogen-bond donors (Lipinski definition) is 2. The monoisotopic (exact) mass is 390 g/mol. The normalized spacial score (nSPS) is 17.9. The topological polar surface area (TPSA) is 84.6 Å². The van der Waals surface area contributed by atoms with Crippen LogP contribution in [-0.2, 0) is 0 Å². The van der Waals surface area contributed by atoms with Gasteiger partial charge in [0.25, 0.3) is 5.69 Å². The summed E-state index contributed by atoms with van der Waals surface area (Å²) < 4.78 is 5.41. The number of rotatable bonds is 4. The van der Waals surface area contributed by atoms with E-state index in [9.17, 15) is 15.2 Å². The molecule has 0 saturated carbocycles. The Hall–Kier alpha value is -3.54. The standard InChI is InChI=1S/C23H22N2O4/c1-14-3-10-23(26)20(11-14)18-13-22(15-4-6-16(7-5-15)25(27)28)24-21-9-8-17(29-2)12-19(18)21/h3-12,18,22,24,26H,13H2,1-2H3/t18-,22-/m0/s1. The quantitative estimate of drug-likeness (QED) is 0.466. The van der Waals surface area contributed by atoms with E-state index in [4.69, 9.17) is 4.74 Å². The minimum atomic E-state index is -0.396. The minimum Gasteiger partial charge on any atom is -0.508 e. The van der Waals surface area contributed by atoms with Gasteiger partial charge in [-0.15, -0.1) is 0 Å². The van der Waals surface area contributed by atoms with E-state index in [2.05, 4.69) is 5.32 Å². The SMILES string of the molecule is COc1ccc2c(c1)[C@@H](c1cc(C)ccc1O)C[C@@H](c1ccc([N+](=O)[O-])cc1)N2. The predicted octanol–water partition coefficient (Wildman–Crippen LogP) is 5.31. The van der Waals surface area contributed by atoms with Crippen molar-refractivity contribution in [3.05, 3.63) is 93.0 Å². The first-order chi connectivity index (χ1) is 14.0. The smallest absolute Gasteiger partial charge is 0.269 e. The first-order valence-corrected chi connectivity index (χ1v) is 9.44. The lowest BCUT2D eigenvalue weighted by molar-refractivity contribution is -0.384. The molecule has 148 valence electrons. The fraction of sp³-hybridized carbons (Fsp3) is 0.217. The molecule has 2 N–H and O–H groups in total. The highest BCUT2D eigenvalue weighted by Crippen LogP contribution is 2.47. The second-order valence-electron chi connectivity index (χ2n) is 7.35. The van der Waals surface area contributed by atoms with Gasteiger partial charge in [-0.2, -0.15) is 0 Å². The van der Waals surface area contributed by atoms with Gasteiger partial charge in [0.2, 0.25) is 0 Å². The molecule has 1 aliphatic rings. The Balaban J connectivity index is 1.78. The summed E-state index contributed by atoms with van der Waals surface area (Å²) in [5.74, 6) is 0.983. The Kier molecular flexibility index (Phi) is 4.84. The Morgan fingerprint density at radius 3 is 2.52 bits per heavy atom. The number of nitro benzene ring substituents is 1. The van der Waals surface area contributed by atoms with Crippen molar-refractivity contribution < 1.29 is 14.8 Å². The molecule has 6 heteroatoms. The van der Waals surface area contributed by atoms with Crippen molar-refractivity contribution in [2.24, 2.45) is 0 Å². The van der Waals surface area contributed by atoms with Gasteiger partial charge in [0.15, 0.2) is 0 Å². The number of phenols is 1. The summed E-state index contributed by atoms with van der Waals surface area (Å²) in [4.78, 5) is 10.6. The lowest BCUT2D eigenvalue weighted by Gasteiger charge is -2.34. The molecule has 0 bridgehead atoms. The number of aromatic hydroxyl groups is 1. The fourth-order valence-electron chi connectivity index (χ4n) is 3.99. The van der Waals surface area contributed by atoms with Crippen molar-refractivity contribution in [1.29, 1.82) is 0 Å². The third-order valence-electron chi connectivity index (χ3n) is 5.50. The van der Waals surface area contributed by atoms with E-state index in [1.165, 1.54) is 12.1 Å². The number of benzene rings is 3. The molecule has 0 fully saturated rings. The van der Waals surface area contributed by atoms with Gasteiger partial charge in [-0.3, -0.25) is 10.1 Å². The lowest BCUT2D eigenvalue weighted by atomic mass is 9.79. The number of anilines is 1. The number of hydrogen-bond acceptors (Lipinski definition) is 5. The lowest BCUT2D eigenvalue weighted by Crippen LogP contribution is -2.22.